The molecule has 0 spiro atoms. The first-order valence-corrected chi connectivity index (χ1v) is 9.55. The van der Waals surface area contributed by atoms with Gasteiger partial charge in [0.15, 0.2) is 6.10 Å². The molecule has 1 aliphatic heterocycles. The number of anilines is 2. The second kappa shape index (κ2) is 9.09. The smallest absolute Gasteiger partial charge is 0.312 e. The van der Waals surface area contributed by atoms with E-state index in [0.717, 1.165) is 6.07 Å². The first kappa shape index (κ1) is 22.2. The highest BCUT2D eigenvalue weighted by Gasteiger charge is 2.38. The number of carbonyl (C=O) groups is 3. The number of halogens is 2. The van der Waals surface area contributed by atoms with Crippen LogP contribution in [0.15, 0.2) is 42.5 Å². The third-order valence-electron chi connectivity index (χ3n) is 4.69. The van der Waals surface area contributed by atoms with Crippen LogP contribution in [-0.2, 0) is 19.1 Å². The fourth-order valence-corrected chi connectivity index (χ4v) is 3.27. The van der Waals surface area contributed by atoms with Crippen molar-refractivity contribution in [3.63, 3.8) is 0 Å². The highest BCUT2D eigenvalue weighted by Crippen LogP contribution is 2.29. The topological polar surface area (TPSA) is 119 Å². The number of hydrogen-bond donors (Lipinski definition) is 1. The average Bonchev–Trinajstić information content (AvgIpc) is 3.11. The van der Waals surface area contributed by atoms with Crippen molar-refractivity contribution in [3.05, 3.63) is 63.4 Å². The van der Waals surface area contributed by atoms with Gasteiger partial charge < -0.3 is 15.0 Å². The van der Waals surface area contributed by atoms with Crippen molar-refractivity contribution in [2.45, 2.75) is 19.4 Å². The maximum Gasteiger partial charge on any atom is 0.312 e. The number of nitro groups is 1. The Morgan fingerprint density at radius 1 is 1.32 bits per heavy atom. The maximum atomic E-state index is 14.0. The van der Waals surface area contributed by atoms with Crippen molar-refractivity contribution >= 4 is 46.4 Å². The molecule has 2 aromatic carbocycles. The molecule has 0 unspecified atom stereocenters. The third kappa shape index (κ3) is 4.97. The van der Waals surface area contributed by atoms with E-state index in [0.29, 0.717) is 0 Å². The molecule has 3 rings (SSSR count). The van der Waals surface area contributed by atoms with Gasteiger partial charge in [-0.25, -0.2) is 4.39 Å². The lowest BCUT2D eigenvalue weighted by Gasteiger charge is -2.18. The van der Waals surface area contributed by atoms with Gasteiger partial charge in [0.05, 0.1) is 27.2 Å². The number of para-hydroxylation sites is 1. The summed E-state index contributed by atoms with van der Waals surface area (Å²) < 4.78 is 19.1. The van der Waals surface area contributed by atoms with Gasteiger partial charge in [-0.05, 0) is 25.1 Å². The van der Waals surface area contributed by atoms with Crippen LogP contribution >= 0.6 is 11.6 Å². The Kier molecular flexibility index (Phi) is 6.50. The Bertz CT molecular complexity index is 1060. The Balaban J connectivity index is 1.60. The first-order valence-electron chi connectivity index (χ1n) is 9.17. The lowest BCUT2D eigenvalue weighted by Crippen LogP contribution is -2.33. The predicted molar refractivity (Wildman–Crippen MR) is 109 cm³/mol. The number of benzene rings is 2. The summed E-state index contributed by atoms with van der Waals surface area (Å²) in [7, 11) is 0. The van der Waals surface area contributed by atoms with Gasteiger partial charge in [0.2, 0.25) is 5.91 Å². The van der Waals surface area contributed by atoms with E-state index in [4.69, 9.17) is 16.3 Å². The Morgan fingerprint density at radius 3 is 2.68 bits per heavy atom. The van der Waals surface area contributed by atoms with Crippen LogP contribution in [0.2, 0.25) is 5.02 Å². The van der Waals surface area contributed by atoms with Crippen molar-refractivity contribution in [1.29, 1.82) is 0 Å². The molecule has 1 N–H and O–H groups in total. The Labute approximate surface area is 180 Å². The first-order chi connectivity index (χ1) is 14.7. The van der Waals surface area contributed by atoms with Crippen LogP contribution in [0, 0.1) is 21.8 Å². The summed E-state index contributed by atoms with van der Waals surface area (Å²) in [5.74, 6) is -3.35. The molecule has 2 amide bonds. The van der Waals surface area contributed by atoms with Crippen molar-refractivity contribution in [2.75, 3.05) is 16.8 Å². The molecule has 0 aromatic heterocycles. The van der Waals surface area contributed by atoms with E-state index in [-0.39, 0.29) is 35.1 Å². The van der Waals surface area contributed by atoms with Crippen LogP contribution in [-0.4, -0.2) is 35.4 Å². The Hall–Kier alpha value is -3.53. The van der Waals surface area contributed by atoms with Crippen molar-refractivity contribution in [3.8, 4) is 0 Å². The summed E-state index contributed by atoms with van der Waals surface area (Å²) in [6.45, 7) is 1.26. The molecule has 1 aliphatic rings. The number of amides is 2. The minimum absolute atomic E-state index is 0.0528. The van der Waals surface area contributed by atoms with Gasteiger partial charge in [0, 0.05) is 25.1 Å². The van der Waals surface area contributed by atoms with E-state index in [2.05, 4.69) is 5.32 Å². The molecular weight excluding hydrogens is 433 g/mol. The molecule has 1 heterocycles. The zero-order valence-electron chi connectivity index (χ0n) is 16.2. The molecule has 11 heteroatoms. The number of nitrogens with zero attached hydrogens (tertiary/aromatic N) is 2. The van der Waals surface area contributed by atoms with Crippen molar-refractivity contribution in [2.24, 2.45) is 5.92 Å². The second-order valence-corrected chi connectivity index (χ2v) is 7.25. The lowest BCUT2D eigenvalue weighted by molar-refractivity contribution is -0.384. The number of hydrogen-bond acceptors (Lipinski definition) is 6. The number of nitro benzene ring substituents is 1. The van der Waals surface area contributed by atoms with E-state index in [1.165, 1.54) is 42.2 Å². The van der Waals surface area contributed by atoms with Gasteiger partial charge in [0.25, 0.3) is 11.6 Å². The monoisotopic (exact) mass is 449 g/mol. The van der Waals surface area contributed by atoms with Gasteiger partial charge in [-0.2, -0.15) is 0 Å². The number of non-ortho nitro benzene ring substituents is 1. The number of rotatable bonds is 6. The summed E-state index contributed by atoms with van der Waals surface area (Å²) in [5, 5.41) is 13.1. The van der Waals surface area contributed by atoms with E-state index >= 15 is 0 Å². The van der Waals surface area contributed by atoms with E-state index in [1.807, 2.05) is 0 Å². The molecule has 31 heavy (non-hydrogen) atoms. The molecule has 1 saturated heterocycles. The van der Waals surface area contributed by atoms with E-state index in [1.54, 1.807) is 6.07 Å². The van der Waals surface area contributed by atoms with Crippen LogP contribution in [0.4, 0.5) is 21.5 Å². The summed E-state index contributed by atoms with van der Waals surface area (Å²) in [6, 6.07) is 9.22. The fraction of sp³-hybridized carbons (Fsp3) is 0.250. The summed E-state index contributed by atoms with van der Waals surface area (Å²) in [4.78, 5) is 48.3. The largest absolute Gasteiger partial charge is 0.452 e. The van der Waals surface area contributed by atoms with Gasteiger partial charge in [0.1, 0.15) is 5.82 Å². The van der Waals surface area contributed by atoms with Gasteiger partial charge in [-0.3, -0.25) is 24.5 Å². The third-order valence-corrected chi connectivity index (χ3v) is 5.00. The van der Waals surface area contributed by atoms with E-state index < -0.39 is 40.5 Å². The minimum Gasteiger partial charge on any atom is -0.452 e. The summed E-state index contributed by atoms with van der Waals surface area (Å²) in [6.07, 6.45) is -1.40. The molecule has 1 fully saturated rings. The average molecular weight is 450 g/mol. The molecule has 0 bridgehead atoms. The molecule has 9 nitrogen and oxygen atoms in total. The standard InChI is InChI=1S/C20H17ClFN3O6/c1-11(19(27)23-16-7-6-13(25(29)30)9-14(16)21)31-20(28)12-8-18(26)24(10-12)17-5-3-2-4-15(17)22/h2-7,9,11-12H,8,10H2,1H3,(H,23,27)/t11-,12-/m1/s1. The molecule has 0 aliphatic carbocycles. The van der Waals surface area contributed by atoms with Crippen LogP contribution < -0.4 is 10.2 Å². The van der Waals surface area contributed by atoms with Crippen LogP contribution in [0.1, 0.15) is 13.3 Å². The lowest BCUT2D eigenvalue weighted by atomic mass is 10.1. The van der Waals surface area contributed by atoms with Crippen molar-refractivity contribution in [1.82, 2.24) is 0 Å². The highest BCUT2D eigenvalue weighted by molar-refractivity contribution is 6.34. The summed E-state index contributed by atoms with van der Waals surface area (Å²) >= 11 is 5.93. The zero-order chi connectivity index (χ0) is 22.7. The van der Waals surface area contributed by atoms with Crippen molar-refractivity contribution < 1.29 is 28.4 Å². The second-order valence-electron chi connectivity index (χ2n) is 6.85. The predicted octanol–water partition coefficient (Wildman–Crippen LogP) is 3.31. The quantitative estimate of drug-likeness (QED) is 0.410. The van der Waals surface area contributed by atoms with Crippen LogP contribution in [0.3, 0.4) is 0 Å². The van der Waals surface area contributed by atoms with Crippen LogP contribution in [0.25, 0.3) is 0 Å². The molecule has 0 radical (unpaired) electrons. The number of ether oxygens (including phenoxy) is 1. The van der Waals surface area contributed by atoms with Crippen LogP contribution in [0.5, 0.6) is 0 Å². The van der Waals surface area contributed by atoms with Gasteiger partial charge in [-0.15, -0.1) is 0 Å². The minimum atomic E-state index is -1.23. The number of nitrogens with one attached hydrogen (secondary N) is 1. The number of esters is 1. The fourth-order valence-electron chi connectivity index (χ4n) is 3.05. The van der Waals surface area contributed by atoms with Gasteiger partial charge in [-0.1, -0.05) is 23.7 Å². The Morgan fingerprint density at radius 2 is 2.03 bits per heavy atom. The normalized spacial score (nSPS) is 16.7. The molecule has 0 saturated carbocycles. The maximum absolute atomic E-state index is 14.0. The molecule has 2 atom stereocenters. The van der Waals surface area contributed by atoms with Gasteiger partial charge >= 0.3 is 5.97 Å². The molecule has 162 valence electrons. The summed E-state index contributed by atoms with van der Waals surface area (Å²) in [5.41, 5.74) is -0.0591. The number of carbonyl (C=O) groups excluding carboxylic acids is 3. The highest BCUT2D eigenvalue weighted by atomic mass is 35.5. The SMILES string of the molecule is C[C@@H](OC(=O)[C@@H]1CC(=O)N(c2ccccc2F)C1)C(=O)Nc1ccc([N+](=O)[O-])cc1Cl. The van der Waals surface area contributed by atoms with E-state index in [9.17, 15) is 28.9 Å². The zero-order valence-corrected chi connectivity index (χ0v) is 17.0. The molecule has 2 aromatic rings. The molecular formula is C20H17ClFN3O6.